The Morgan fingerprint density at radius 2 is 1.68 bits per heavy atom. The molecule has 0 radical (unpaired) electrons. The Kier molecular flexibility index (Phi) is 8.60. The van der Waals surface area contributed by atoms with Gasteiger partial charge in [0.15, 0.2) is 5.65 Å². The van der Waals surface area contributed by atoms with Crippen LogP contribution in [-0.2, 0) is 19.5 Å². The summed E-state index contributed by atoms with van der Waals surface area (Å²) in [7, 11) is 1.52. The number of alkyl halides is 3. The number of benzene rings is 3. The van der Waals surface area contributed by atoms with E-state index in [4.69, 9.17) is 23.2 Å². The topological polar surface area (TPSA) is 110 Å². The summed E-state index contributed by atoms with van der Waals surface area (Å²) in [5, 5.41) is 10.9. The van der Waals surface area contributed by atoms with E-state index in [0.29, 0.717) is 50.0 Å². The molecule has 2 N–H and O–H groups in total. The van der Waals surface area contributed by atoms with Crippen LogP contribution in [0.2, 0.25) is 10.0 Å². The second kappa shape index (κ2) is 12.6. The van der Waals surface area contributed by atoms with Gasteiger partial charge in [0.1, 0.15) is 5.75 Å². The number of aromatic nitrogens is 3. The summed E-state index contributed by atoms with van der Waals surface area (Å²) in [4.78, 5) is 41.4. The maximum atomic E-state index is 14.2. The number of rotatable bonds is 7. The van der Waals surface area contributed by atoms with Crippen molar-refractivity contribution < 1.29 is 27.5 Å². The molecular weight excluding hydrogens is 660 g/mol. The summed E-state index contributed by atoms with van der Waals surface area (Å²) in [6.45, 7) is 0.526. The molecule has 0 spiro atoms. The lowest BCUT2D eigenvalue weighted by atomic mass is 10.0. The molecule has 3 aromatic carbocycles. The molecule has 5 aromatic rings. The van der Waals surface area contributed by atoms with Crippen molar-refractivity contribution >= 4 is 46.4 Å². The summed E-state index contributed by atoms with van der Waals surface area (Å²) >= 11 is 12.2. The van der Waals surface area contributed by atoms with Crippen LogP contribution in [0.1, 0.15) is 37.5 Å². The van der Waals surface area contributed by atoms with Crippen molar-refractivity contribution in [1.29, 1.82) is 0 Å². The van der Waals surface area contributed by atoms with E-state index in [-0.39, 0.29) is 54.2 Å². The highest BCUT2D eigenvalue weighted by atomic mass is 35.5. The molecule has 0 bridgehead atoms. The highest BCUT2D eigenvalue weighted by molar-refractivity contribution is 6.42. The number of halogens is 5. The fourth-order valence-corrected chi connectivity index (χ4v) is 5.72. The lowest BCUT2D eigenvalue weighted by Crippen LogP contribution is -2.41. The van der Waals surface area contributed by atoms with Gasteiger partial charge < -0.3 is 20.3 Å². The first-order chi connectivity index (χ1) is 22.4. The lowest BCUT2D eigenvalue weighted by Gasteiger charge is -2.29. The van der Waals surface area contributed by atoms with Gasteiger partial charge in [0.2, 0.25) is 0 Å². The van der Waals surface area contributed by atoms with E-state index >= 15 is 0 Å². The highest BCUT2D eigenvalue weighted by Crippen LogP contribution is 2.29. The molecule has 3 heterocycles. The molecule has 0 aliphatic carbocycles. The molecular formula is C32H25Cl2F3N6O4. The van der Waals surface area contributed by atoms with Crippen LogP contribution in [0.4, 0.5) is 18.9 Å². The zero-order valence-corrected chi connectivity index (χ0v) is 26.1. The van der Waals surface area contributed by atoms with Crippen LogP contribution in [0.3, 0.4) is 0 Å². The Bertz CT molecular complexity index is 2060. The molecule has 2 amide bonds. The predicted molar refractivity (Wildman–Crippen MR) is 170 cm³/mol. The SMILES string of the molecule is CNC(=O)c1ccc(-n2c(=O)c3c(n4ncc(NCc5ccc(OC(F)(F)F)cc5)c24)CN(C(=O)c2ccc(Cl)c(Cl)c2)CC3)cc1. The molecule has 0 fully saturated rings. The lowest BCUT2D eigenvalue weighted by molar-refractivity contribution is -0.274. The van der Waals surface area contributed by atoms with E-state index in [2.05, 4.69) is 20.5 Å². The normalized spacial score (nSPS) is 12.9. The molecule has 10 nitrogen and oxygen atoms in total. The van der Waals surface area contributed by atoms with Crippen LogP contribution in [0.25, 0.3) is 11.3 Å². The molecule has 242 valence electrons. The van der Waals surface area contributed by atoms with Crippen molar-refractivity contribution in [2.45, 2.75) is 25.9 Å². The maximum Gasteiger partial charge on any atom is 0.573 e. The van der Waals surface area contributed by atoms with Crippen molar-refractivity contribution in [3.63, 3.8) is 0 Å². The molecule has 1 aliphatic heterocycles. The van der Waals surface area contributed by atoms with Gasteiger partial charge in [-0.15, -0.1) is 13.2 Å². The fraction of sp³-hybridized carbons (Fsp3) is 0.188. The Balaban J connectivity index is 1.39. The van der Waals surface area contributed by atoms with E-state index in [1.807, 2.05) is 0 Å². The van der Waals surface area contributed by atoms with Gasteiger partial charge in [0.05, 0.1) is 39.9 Å². The number of ether oxygens (including phenoxy) is 1. The molecule has 15 heteroatoms. The number of nitrogens with one attached hydrogen (secondary N) is 2. The summed E-state index contributed by atoms with van der Waals surface area (Å²) in [6.07, 6.45) is -3.02. The third-order valence-electron chi connectivity index (χ3n) is 7.70. The minimum Gasteiger partial charge on any atom is -0.406 e. The standard InChI is InChI=1S/C32H25Cl2F3N6O4/c1-38-28(44)19-4-7-21(8-5-19)42-29-26(39-15-18-2-9-22(10-3-18)47-32(35,36)37)16-40-43(29)27-17-41(13-12-23(27)31(42)46)30(45)20-6-11-24(33)25(34)14-20/h2-11,14,16,39H,12-13,15,17H2,1H3,(H,38,44). The third kappa shape index (κ3) is 6.49. The van der Waals surface area contributed by atoms with E-state index in [1.54, 1.807) is 45.8 Å². The summed E-state index contributed by atoms with van der Waals surface area (Å²) in [5.74, 6) is -0.928. The van der Waals surface area contributed by atoms with Crippen molar-refractivity contribution in [3.8, 4) is 11.4 Å². The Labute approximate surface area is 275 Å². The second-order valence-electron chi connectivity index (χ2n) is 10.6. The molecule has 0 atom stereocenters. The number of hydrogen-bond acceptors (Lipinski definition) is 6. The third-order valence-corrected chi connectivity index (χ3v) is 8.44. The van der Waals surface area contributed by atoms with Gasteiger partial charge in [-0.2, -0.15) is 5.10 Å². The maximum absolute atomic E-state index is 14.2. The van der Waals surface area contributed by atoms with E-state index in [9.17, 15) is 27.6 Å². The molecule has 0 saturated carbocycles. The molecule has 2 aromatic heterocycles. The number of carbonyl (C=O) groups is 2. The number of fused-ring (bicyclic) bond motifs is 3. The van der Waals surface area contributed by atoms with E-state index < -0.39 is 6.36 Å². The molecule has 6 rings (SSSR count). The number of hydrogen-bond donors (Lipinski definition) is 2. The minimum absolute atomic E-state index is 0.0817. The summed E-state index contributed by atoms with van der Waals surface area (Å²) < 4.78 is 44.8. The van der Waals surface area contributed by atoms with Gasteiger partial charge in [-0.3, -0.25) is 19.0 Å². The van der Waals surface area contributed by atoms with Crippen molar-refractivity contribution in [3.05, 3.63) is 121 Å². The Morgan fingerprint density at radius 3 is 2.34 bits per heavy atom. The van der Waals surface area contributed by atoms with Crippen LogP contribution in [-0.4, -0.2) is 50.9 Å². The van der Waals surface area contributed by atoms with Crippen LogP contribution in [0, 0.1) is 0 Å². The smallest absolute Gasteiger partial charge is 0.406 e. The molecule has 1 aliphatic rings. The summed E-state index contributed by atoms with van der Waals surface area (Å²) in [5.41, 5.74) is 3.34. The van der Waals surface area contributed by atoms with Crippen LogP contribution in [0.15, 0.2) is 77.7 Å². The number of nitrogens with zero attached hydrogens (tertiary/aromatic N) is 4. The van der Waals surface area contributed by atoms with E-state index in [0.717, 1.165) is 0 Å². The van der Waals surface area contributed by atoms with Crippen LogP contribution < -0.4 is 20.9 Å². The average molecular weight is 685 g/mol. The van der Waals surface area contributed by atoms with Gasteiger partial charge in [0.25, 0.3) is 17.4 Å². The van der Waals surface area contributed by atoms with Crippen molar-refractivity contribution in [2.75, 3.05) is 18.9 Å². The predicted octanol–water partition coefficient (Wildman–Crippen LogP) is 5.86. The molecule has 0 saturated heterocycles. The van der Waals surface area contributed by atoms with Crippen LogP contribution in [0.5, 0.6) is 5.75 Å². The largest absolute Gasteiger partial charge is 0.573 e. The van der Waals surface area contributed by atoms with E-state index in [1.165, 1.54) is 48.1 Å². The van der Waals surface area contributed by atoms with Crippen molar-refractivity contribution in [2.24, 2.45) is 0 Å². The second-order valence-corrected chi connectivity index (χ2v) is 11.5. The van der Waals surface area contributed by atoms with Gasteiger partial charge >= 0.3 is 6.36 Å². The zero-order valence-electron chi connectivity index (χ0n) is 24.6. The quantitative estimate of drug-likeness (QED) is 0.222. The molecule has 0 unspecified atom stereocenters. The van der Waals surface area contributed by atoms with Gasteiger partial charge in [-0.1, -0.05) is 35.3 Å². The zero-order chi connectivity index (χ0) is 33.5. The highest BCUT2D eigenvalue weighted by Gasteiger charge is 2.31. The molecule has 47 heavy (non-hydrogen) atoms. The van der Waals surface area contributed by atoms with Gasteiger partial charge in [-0.05, 0) is 66.6 Å². The van der Waals surface area contributed by atoms with Gasteiger partial charge in [-0.25, -0.2) is 4.52 Å². The number of carbonyl (C=O) groups excluding carboxylic acids is 2. The Hall–Kier alpha value is -5.01. The van der Waals surface area contributed by atoms with Crippen molar-refractivity contribution in [1.82, 2.24) is 24.4 Å². The first kappa shape index (κ1) is 32.0. The average Bonchev–Trinajstić information content (AvgIpc) is 3.48. The fourth-order valence-electron chi connectivity index (χ4n) is 5.42. The first-order valence-electron chi connectivity index (χ1n) is 14.2. The number of amides is 2. The first-order valence-corrected chi connectivity index (χ1v) is 15.0. The van der Waals surface area contributed by atoms with Gasteiger partial charge in [0, 0.05) is 36.8 Å². The minimum atomic E-state index is -4.81. The monoisotopic (exact) mass is 684 g/mol. The number of anilines is 1. The van der Waals surface area contributed by atoms with Crippen LogP contribution >= 0.6 is 23.2 Å². The Morgan fingerprint density at radius 1 is 0.979 bits per heavy atom. The summed E-state index contributed by atoms with van der Waals surface area (Å²) in [6, 6.07) is 16.5.